The van der Waals surface area contributed by atoms with Crippen LogP contribution in [0.2, 0.25) is 0 Å². The van der Waals surface area contributed by atoms with Gasteiger partial charge in [0, 0.05) is 49.1 Å². The zero-order valence-electron chi connectivity index (χ0n) is 29.7. The van der Waals surface area contributed by atoms with Crippen LogP contribution >= 0.6 is 0 Å². The predicted octanol–water partition coefficient (Wildman–Crippen LogP) is 14.7. The maximum atomic E-state index is 6.40. The van der Waals surface area contributed by atoms with E-state index < -0.39 is 0 Å². The third-order valence-electron chi connectivity index (χ3n) is 11.4. The monoisotopic (exact) mass is 701 g/mol. The molecule has 55 heavy (non-hydrogen) atoms. The van der Waals surface area contributed by atoms with Crippen LogP contribution in [0.15, 0.2) is 197 Å². The molecule has 0 saturated heterocycles. The maximum absolute atomic E-state index is 6.40. The molecule has 0 fully saturated rings. The van der Waals surface area contributed by atoms with Gasteiger partial charge in [-0.2, -0.15) is 0 Å². The fraction of sp³-hybridized carbons (Fsp3) is 0. The number of aromatic nitrogens is 1. The summed E-state index contributed by atoms with van der Waals surface area (Å²) >= 11 is 0. The lowest BCUT2D eigenvalue weighted by Gasteiger charge is -2.15. The highest BCUT2D eigenvalue weighted by Crippen LogP contribution is 2.44. The van der Waals surface area contributed by atoms with E-state index >= 15 is 0 Å². The first-order valence-corrected chi connectivity index (χ1v) is 18.7. The lowest BCUT2D eigenvalue weighted by molar-refractivity contribution is 0.668. The van der Waals surface area contributed by atoms with Gasteiger partial charge >= 0.3 is 0 Å². The summed E-state index contributed by atoms with van der Waals surface area (Å²) in [5.74, 6) is 0. The van der Waals surface area contributed by atoms with Crippen molar-refractivity contribution in [3.63, 3.8) is 0 Å². The summed E-state index contributed by atoms with van der Waals surface area (Å²) in [5.41, 5.74) is 13.9. The van der Waals surface area contributed by atoms with Gasteiger partial charge in [-0.05, 0) is 81.6 Å². The molecule has 3 aromatic heterocycles. The number of benzene rings is 9. The van der Waals surface area contributed by atoms with Crippen LogP contribution < -0.4 is 0 Å². The van der Waals surface area contributed by atoms with Crippen molar-refractivity contribution in [3.8, 4) is 39.1 Å². The average molecular weight is 702 g/mol. The summed E-state index contributed by atoms with van der Waals surface area (Å²) < 4.78 is 15.3. The number of hydrogen-bond acceptors (Lipinski definition) is 2. The molecule has 0 aliphatic rings. The first kappa shape index (κ1) is 30.1. The van der Waals surface area contributed by atoms with Crippen molar-refractivity contribution >= 4 is 76.5 Å². The molecule has 3 nitrogen and oxygen atoms in total. The van der Waals surface area contributed by atoms with E-state index in [1.54, 1.807) is 0 Å². The topological polar surface area (TPSA) is 31.2 Å². The van der Waals surface area contributed by atoms with Crippen molar-refractivity contribution in [1.29, 1.82) is 0 Å². The number of fused-ring (bicyclic) bond motifs is 10. The molecule has 0 aliphatic carbocycles. The van der Waals surface area contributed by atoms with Crippen LogP contribution in [0.4, 0.5) is 0 Å². The van der Waals surface area contributed by atoms with E-state index in [1.165, 1.54) is 32.7 Å². The molecule has 3 heteroatoms. The largest absolute Gasteiger partial charge is 0.456 e. The molecule has 256 valence electrons. The fourth-order valence-electron chi connectivity index (χ4n) is 8.89. The Balaban J connectivity index is 1.13. The smallest absolute Gasteiger partial charge is 0.136 e. The Bertz CT molecular complexity index is 3310. The number of nitrogens with zero attached hydrogens (tertiary/aromatic N) is 1. The normalized spacial score (nSPS) is 12.0. The lowest BCUT2D eigenvalue weighted by Crippen LogP contribution is -1.97. The van der Waals surface area contributed by atoms with Crippen LogP contribution in [0.5, 0.6) is 0 Å². The van der Waals surface area contributed by atoms with Crippen LogP contribution in [0.1, 0.15) is 0 Å². The standard InChI is InChI=1S/C52H31NO2/c1-2-12-37-32(10-1)11-7-15-38(37)33-22-26-36(27-23-33)53-51-39(34-24-28-43-41-13-3-5-20-47(41)54-49(43)30-34)16-8-18-45(51)46-19-9-17-40(52(46)53)35-25-29-44-42-14-4-6-21-48(42)55-50(44)31-35/h1-31H. The van der Waals surface area contributed by atoms with Gasteiger partial charge in [0.15, 0.2) is 0 Å². The van der Waals surface area contributed by atoms with Gasteiger partial charge in [-0.3, -0.25) is 0 Å². The van der Waals surface area contributed by atoms with Crippen molar-refractivity contribution in [2.75, 3.05) is 0 Å². The second kappa shape index (κ2) is 11.6. The van der Waals surface area contributed by atoms with Gasteiger partial charge in [0.1, 0.15) is 22.3 Å². The molecule has 0 bridgehead atoms. The molecule has 0 spiro atoms. The maximum Gasteiger partial charge on any atom is 0.136 e. The highest BCUT2D eigenvalue weighted by molar-refractivity contribution is 6.18. The van der Waals surface area contributed by atoms with Crippen LogP contribution in [0.25, 0.3) is 116 Å². The quantitative estimate of drug-likeness (QED) is 0.183. The van der Waals surface area contributed by atoms with E-state index in [2.05, 4.69) is 168 Å². The second-order valence-corrected chi connectivity index (χ2v) is 14.4. The van der Waals surface area contributed by atoms with Crippen molar-refractivity contribution < 1.29 is 8.83 Å². The fourth-order valence-corrected chi connectivity index (χ4v) is 8.89. The molecule has 0 N–H and O–H groups in total. The van der Waals surface area contributed by atoms with Gasteiger partial charge < -0.3 is 13.4 Å². The van der Waals surface area contributed by atoms with Gasteiger partial charge in [0.25, 0.3) is 0 Å². The van der Waals surface area contributed by atoms with Crippen molar-refractivity contribution in [2.24, 2.45) is 0 Å². The Morgan fingerprint density at radius 1 is 0.291 bits per heavy atom. The number of rotatable bonds is 4. The van der Waals surface area contributed by atoms with Crippen LogP contribution in [-0.4, -0.2) is 4.57 Å². The molecular formula is C52H31NO2. The van der Waals surface area contributed by atoms with Crippen molar-refractivity contribution in [2.45, 2.75) is 0 Å². The Hall–Kier alpha value is -7.36. The molecule has 0 atom stereocenters. The molecule has 12 rings (SSSR count). The SMILES string of the molecule is c1ccc2c(-c3ccc(-n4c5c(-c6ccc7c(c6)oc6ccccc67)cccc5c5cccc(-c6ccc7c(c6)oc6ccccc67)c54)cc3)cccc2c1. The summed E-state index contributed by atoms with van der Waals surface area (Å²) in [4.78, 5) is 0. The van der Waals surface area contributed by atoms with Crippen molar-refractivity contribution in [3.05, 3.63) is 188 Å². The van der Waals surface area contributed by atoms with E-state index in [9.17, 15) is 0 Å². The van der Waals surface area contributed by atoms with E-state index in [0.29, 0.717) is 0 Å². The minimum atomic E-state index is 0.887. The van der Waals surface area contributed by atoms with Gasteiger partial charge in [0.05, 0.1) is 11.0 Å². The first-order valence-electron chi connectivity index (χ1n) is 18.7. The van der Waals surface area contributed by atoms with Crippen LogP contribution in [-0.2, 0) is 0 Å². The van der Waals surface area contributed by atoms with E-state index in [4.69, 9.17) is 8.83 Å². The molecule has 0 radical (unpaired) electrons. The van der Waals surface area contributed by atoms with Crippen molar-refractivity contribution in [1.82, 2.24) is 4.57 Å². The Labute approximate surface area is 315 Å². The number of para-hydroxylation sites is 4. The number of furan rings is 2. The number of hydrogen-bond donors (Lipinski definition) is 0. The Kier molecular flexibility index (Phi) is 6.34. The predicted molar refractivity (Wildman–Crippen MR) is 229 cm³/mol. The summed E-state index contributed by atoms with van der Waals surface area (Å²) in [7, 11) is 0. The molecular weight excluding hydrogens is 671 g/mol. The summed E-state index contributed by atoms with van der Waals surface area (Å²) in [6.45, 7) is 0. The van der Waals surface area contributed by atoms with Gasteiger partial charge in [-0.15, -0.1) is 0 Å². The van der Waals surface area contributed by atoms with Crippen LogP contribution in [0, 0.1) is 0 Å². The summed E-state index contributed by atoms with van der Waals surface area (Å²) in [6.07, 6.45) is 0. The highest BCUT2D eigenvalue weighted by atomic mass is 16.3. The molecule has 0 aliphatic heterocycles. The lowest BCUT2D eigenvalue weighted by atomic mass is 9.98. The van der Waals surface area contributed by atoms with Crippen LogP contribution in [0.3, 0.4) is 0 Å². The Morgan fingerprint density at radius 3 is 1.33 bits per heavy atom. The zero-order chi connectivity index (χ0) is 36.0. The van der Waals surface area contributed by atoms with E-state index in [-0.39, 0.29) is 0 Å². The zero-order valence-corrected chi connectivity index (χ0v) is 29.7. The minimum Gasteiger partial charge on any atom is -0.456 e. The van der Waals surface area contributed by atoms with Gasteiger partial charge in [0.2, 0.25) is 0 Å². The molecule has 3 heterocycles. The minimum absolute atomic E-state index is 0.887. The van der Waals surface area contributed by atoms with E-state index in [1.807, 2.05) is 24.3 Å². The van der Waals surface area contributed by atoms with Gasteiger partial charge in [-0.25, -0.2) is 0 Å². The molecule has 0 amide bonds. The highest BCUT2D eigenvalue weighted by Gasteiger charge is 2.21. The third kappa shape index (κ3) is 4.50. The Morgan fingerprint density at radius 2 is 0.727 bits per heavy atom. The van der Waals surface area contributed by atoms with E-state index in [0.717, 1.165) is 82.9 Å². The summed E-state index contributed by atoms with van der Waals surface area (Å²) in [5, 5.41) is 9.40. The molecule has 12 aromatic rings. The van der Waals surface area contributed by atoms with Gasteiger partial charge in [-0.1, -0.05) is 140 Å². The first-order chi connectivity index (χ1) is 27.3. The second-order valence-electron chi connectivity index (χ2n) is 14.4. The third-order valence-corrected chi connectivity index (χ3v) is 11.4. The molecule has 0 saturated carbocycles. The molecule has 0 unspecified atom stereocenters. The average Bonchev–Trinajstić information content (AvgIpc) is 3.92. The molecule has 9 aromatic carbocycles. The summed E-state index contributed by atoms with van der Waals surface area (Å²) in [6, 6.07) is 67.4.